The van der Waals surface area contributed by atoms with E-state index in [1.807, 2.05) is 0 Å². The van der Waals surface area contributed by atoms with Crippen molar-refractivity contribution in [2.24, 2.45) is 0 Å². The van der Waals surface area contributed by atoms with Crippen molar-refractivity contribution in [3.05, 3.63) is 17.9 Å². The maximum atomic E-state index is 11.8. The Morgan fingerprint density at radius 3 is 2.50 bits per heavy atom. The van der Waals surface area contributed by atoms with Crippen molar-refractivity contribution in [1.82, 2.24) is 9.62 Å². The second kappa shape index (κ2) is 5.94. The molecule has 0 radical (unpaired) electrons. The smallest absolute Gasteiger partial charge is 0.325 e. The third kappa shape index (κ3) is 3.59. The SMILES string of the molecule is COC(=O)C(C)(C)NCc1ccc(S(=O)(=O)N(C)C)o1. The van der Waals surface area contributed by atoms with Gasteiger partial charge in [-0.2, -0.15) is 0 Å². The van der Waals surface area contributed by atoms with Gasteiger partial charge in [-0.1, -0.05) is 0 Å². The number of nitrogens with zero attached hydrogens (tertiary/aromatic N) is 1. The van der Waals surface area contributed by atoms with Gasteiger partial charge in [0.25, 0.3) is 10.0 Å². The van der Waals surface area contributed by atoms with Gasteiger partial charge in [0.05, 0.1) is 13.7 Å². The highest BCUT2D eigenvalue weighted by atomic mass is 32.2. The van der Waals surface area contributed by atoms with E-state index in [1.165, 1.54) is 27.3 Å². The lowest BCUT2D eigenvalue weighted by Crippen LogP contribution is -2.46. The van der Waals surface area contributed by atoms with E-state index in [2.05, 4.69) is 10.1 Å². The van der Waals surface area contributed by atoms with Crippen LogP contribution in [-0.2, 0) is 26.1 Å². The normalized spacial score (nSPS) is 12.7. The van der Waals surface area contributed by atoms with Crippen LogP contribution >= 0.6 is 0 Å². The molecule has 1 N–H and O–H groups in total. The molecular weight excluding hydrogens is 284 g/mol. The summed E-state index contributed by atoms with van der Waals surface area (Å²) in [5.41, 5.74) is -0.887. The third-order valence-corrected chi connectivity index (χ3v) is 4.46. The zero-order valence-corrected chi connectivity index (χ0v) is 13.1. The van der Waals surface area contributed by atoms with E-state index in [4.69, 9.17) is 4.42 Å². The fraction of sp³-hybridized carbons (Fsp3) is 0.583. The molecule has 0 spiro atoms. The molecule has 0 bridgehead atoms. The maximum absolute atomic E-state index is 11.8. The summed E-state index contributed by atoms with van der Waals surface area (Å²) in [5.74, 6) is 0.00703. The maximum Gasteiger partial charge on any atom is 0.325 e. The molecule has 0 aliphatic rings. The molecule has 20 heavy (non-hydrogen) atoms. The van der Waals surface area contributed by atoms with E-state index in [0.717, 1.165) is 4.31 Å². The van der Waals surface area contributed by atoms with Crippen LogP contribution in [0.3, 0.4) is 0 Å². The van der Waals surface area contributed by atoms with E-state index < -0.39 is 21.5 Å². The highest BCUT2D eigenvalue weighted by Crippen LogP contribution is 2.17. The van der Waals surface area contributed by atoms with Gasteiger partial charge in [0.15, 0.2) is 0 Å². The predicted octanol–water partition coefficient (Wildman–Crippen LogP) is 0.571. The predicted molar refractivity (Wildman–Crippen MR) is 72.5 cm³/mol. The monoisotopic (exact) mass is 304 g/mol. The third-order valence-electron chi connectivity index (χ3n) is 2.77. The van der Waals surface area contributed by atoms with Crippen LogP contribution in [0.1, 0.15) is 19.6 Å². The first-order valence-electron chi connectivity index (χ1n) is 5.96. The average Bonchev–Trinajstić information content (AvgIpc) is 2.84. The molecule has 0 unspecified atom stereocenters. The lowest BCUT2D eigenvalue weighted by Gasteiger charge is -2.22. The summed E-state index contributed by atoms with van der Waals surface area (Å²) in [6, 6.07) is 2.94. The summed E-state index contributed by atoms with van der Waals surface area (Å²) in [6.07, 6.45) is 0. The number of hydrogen-bond donors (Lipinski definition) is 1. The van der Waals surface area contributed by atoms with Crippen LogP contribution < -0.4 is 5.32 Å². The molecule has 1 aromatic rings. The Hall–Kier alpha value is -1.38. The van der Waals surface area contributed by atoms with Gasteiger partial charge < -0.3 is 9.15 Å². The summed E-state index contributed by atoms with van der Waals surface area (Å²) >= 11 is 0. The second-order valence-corrected chi connectivity index (χ2v) is 7.06. The van der Waals surface area contributed by atoms with Crippen molar-refractivity contribution >= 4 is 16.0 Å². The lowest BCUT2D eigenvalue weighted by atomic mass is 10.1. The van der Waals surface area contributed by atoms with Crippen LogP contribution in [0, 0.1) is 0 Å². The van der Waals surface area contributed by atoms with Crippen molar-refractivity contribution in [3.63, 3.8) is 0 Å². The van der Waals surface area contributed by atoms with Gasteiger partial charge >= 0.3 is 5.97 Å². The molecule has 0 fully saturated rings. The van der Waals surface area contributed by atoms with Crippen LogP contribution in [0.5, 0.6) is 0 Å². The number of hydrogen-bond acceptors (Lipinski definition) is 6. The Morgan fingerprint density at radius 2 is 2.00 bits per heavy atom. The van der Waals surface area contributed by atoms with Gasteiger partial charge in [0, 0.05) is 14.1 Å². The average molecular weight is 304 g/mol. The van der Waals surface area contributed by atoms with E-state index in [1.54, 1.807) is 19.9 Å². The number of rotatable bonds is 6. The van der Waals surface area contributed by atoms with Crippen LogP contribution in [0.25, 0.3) is 0 Å². The van der Waals surface area contributed by atoms with E-state index in [-0.39, 0.29) is 11.6 Å². The van der Waals surface area contributed by atoms with Gasteiger partial charge in [-0.25, -0.2) is 12.7 Å². The Kier molecular flexibility index (Phi) is 4.95. The Bertz CT molecular complexity index is 574. The second-order valence-electron chi connectivity index (χ2n) is 4.98. The molecule has 8 heteroatoms. The van der Waals surface area contributed by atoms with Gasteiger partial charge in [-0.3, -0.25) is 10.1 Å². The summed E-state index contributed by atoms with van der Waals surface area (Å²) in [4.78, 5) is 11.5. The zero-order valence-electron chi connectivity index (χ0n) is 12.3. The largest absolute Gasteiger partial charge is 0.468 e. The summed E-state index contributed by atoms with van der Waals surface area (Å²) < 4.78 is 34.7. The number of methoxy groups -OCH3 is 1. The van der Waals surface area contributed by atoms with Crippen molar-refractivity contribution in [2.45, 2.75) is 31.0 Å². The number of nitrogens with one attached hydrogen (secondary N) is 1. The minimum atomic E-state index is -3.58. The molecule has 0 atom stereocenters. The summed E-state index contributed by atoms with van der Waals surface area (Å²) in [6.45, 7) is 3.55. The first-order valence-corrected chi connectivity index (χ1v) is 7.40. The van der Waals surface area contributed by atoms with Gasteiger partial charge in [0.1, 0.15) is 11.3 Å². The molecule has 0 aromatic carbocycles. The van der Waals surface area contributed by atoms with Crippen molar-refractivity contribution in [2.75, 3.05) is 21.2 Å². The fourth-order valence-corrected chi connectivity index (χ4v) is 2.22. The van der Waals surface area contributed by atoms with E-state index in [0.29, 0.717) is 5.76 Å². The van der Waals surface area contributed by atoms with Gasteiger partial charge in [0.2, 0.25) is 5.09 Å². The molecule has 0 saturated heterocycles. The number of carbonyl (C=O) groups is 1. The van der Waals surface area contributed by atoms with Crippen molar-refractivity contribution < 1.29 is 22.4 Å². The molecule has 1 aromatic heterocycles. The summed E-state index contributed by atoms with van der Waals surface area (Å²) in [7, 11) is 0.576. The van der Waals surface area contributed by atoms with E-state index in [9.17, 15) is 13.2 Å². The standard InChI is InChI=1S/C12H20N2O5S/c1-12(2,11(15)18-5)13-8-9-6-7-10(19-9)20(16,17)14(3)4/h6-7,13H,8H2,1-5H3. The highest BCUT2D eigenvalue weighted by Gasteiger charge is 2.28. The molecule has 0 aliphatic heterocycles. The Morgan fingerprint density at radius 1 is 1.40 bits per heavy atom. The number of furan rings is 1. The summed E-state index contributed by atoms with van der Waals surface area (Å²) in [5, 5.41) is 2.81. The first kappa shape index (κ1) is 16.7. The molecule has 1 rings (SSSR count). The Balaban J connectivity index is 2.78. The number of carbonyl (C=O) groups excluding carboxylic acids is 1. The van der Waals surface area contributed by atoms with E-state index >= 15 is 0 Å². The topological polar surface area (TPSA) is 88.8 Å². The van der Waals surface area contributed by atoms with Crippen molar-refractivity contribution in [3.8, 4) is 0 Å². The molecule has 114 valence electrons. The zero-order chi connectivity index (χ0) is 15.6. The number of esters is 1. The molecule has 0 aliphatic carbocycles. The van der Waals surface area contributed by atoms with Crippen molar-refractivity contribution in [1.29, 1.82) is 0 Å². The molecule has 0 saturated carbocycles. The fourth-order valence-electron chi connectivity index (χ4n) is 1.41. The van der Waals surface area contributed by atoms with Crippen LogP contribution in [0.2, 0.25) is 0 Å². The number of sulfonamides is 1. The first-order chi connectivity index (χ1) is 9.11. The highest BCUT2D eigenvalue weighted by molar-refractivity contribution is 7.88. The molecule has 1 heterocycles. The van der Waals surface area contributed by atoms with Gasteiger partial charge in [-0.05, 0) is 26.0 Å². The quantitative estimate of drug-likeness (QED) is 0.773. The van der Waals surface area contributed by atoms with Crippen LogP contribution in [0.4, 0.5) is 0 Å². The lowest BCUT2D eigenvalue weighted by molar-refractivity contribution is -0.147. The molecule has 7 nitrogen and oxygen atoms in total. The minimum Gasteiger partial charge on any atom is -0.468 e. The molecular formula is C12H20N2O5S. The Labute approximate surface area is 118 Å². The van der Waals surface area contributed by atoms with Crippen LogP contribution in [-0.4, -0.2) is 45.4 Å². The molecule has 0 amide bonds. The minimum absolute atomic E-state index is 0.129. The number of ether oxygens (including phenoxy) is 1. The van der Waals surface area contributed by atoms with Crippen LogP contribution in [0.15, 0.2) is 21.6 Å². The van der Waals surface area contributed by atoms with Gasteiger partial charge in [-0.15, -0.1) is 0 Å².